The third-order valence-corrected chi connectivity index (χ3v) is 4.19. The van der Waals surface area contributed by atoms with Gasteiger partial charge in [0.25, 0.3) is 0 Å². The highest BCUT2D eigenvalue weighted by atomic mass is 79.9. The Labute approximate surface area is 156 Å². The number of hydrogen-bond acceptors (Lipinski definition) is 2. The fraction of sp³-hybridized carbons (Fsp3) is 0.444. The van der Waals surface area contributed by atoms with Gasteiger partial charge in [-0.1, -0.05) is 22.0 Å². The van der Waals surface area contributed by atoms with Crippen molar-refractivity contribution in [2.45, 2.75) is 26.2 Å². The Hall–Kier alpha value is -1.89. The molecule has 0 aliphatic rings. The van der Waals surface area contributed by atoms with Gasteiger partial charge in [0, 0.05) is 37.4 Å². The summed E-state index contributed by atoms with van der Waals surface area (Å²) in [6.07, 6.45) is 6.26. The van der Waals surface area contributed by atoms with E-state index >= 15 is 0 Å². The maximum absolute atomic E-state index is 13.8. The molecule has 1 heterocycles. The molecule has 0 fully saturated rings. The summed E-state index contributed by atoms with van der Waals surface area (Å²) in [4.78, 5) is 4.55. The molecular weight excluding hydrogens is 385 g/mol. The van der Waals surface area contributed by atoms with Crippen LogP contribution in [0.25, 0.3) is 0 Å². The van der Waals surface area contributed by atoms with Gasteiger partial charge in [-0.15, -0.1) is 0 Å². The van der Waals surface area contributed by atoms with Crippen LogP contribution in [0.1, 0.15) is 24.5 Å². The zero-order valence-corrected chi connectivity index (χ0v) is 16.3. The van der Waals surface area contributed by atoms with Crippen LogP contribution in [0.5, 0.6) is 0 Å². The minimum atomic E-state index is -0.167. The van der Waals surface area contributed by atoms with Crippen molar-refractivity contribution in [1.82, 2.24) is 20.4 Å². The lowest BCUT2D eigenvalue weighted by molar-refractivity contribution is 0.604. The molecule has 0 atom stereocenters. The predicted molar refractivity (Wildman–Crippen MR) is 103 cm³/mol. The molecule has 1 aromatic carbocycles. The molecule has 2 rings (SSSR count). The summed E-state index contributed by atoms with van der Waals surface area (Å²) in [5, 5.41) is 10.7. The van der Waals surface area contributed by atoms with Crippen molar-refractivity contribution in [3.05, 3.63) is 52.0 Å². The number of aryl methyl sites for hydroxylation is 2. The van der Waals surface area contributed by atoms with Crippen LogP contribution in [0.4, 0.5) is 4.39 Å². The van der Waals surface area contributed by atoms with Gasteiger partial charge in [-0.2, -0.15) is 5.10 Å². The minimum Gasteiger partial charge on any atom is -0.357 e. The number of rotatable bonds is 8. The summed E-state index contributed by atoms with van der Waals surface area (Å²) in [5.74, 6) is 0.627. The molecule has 0 bridgehead atoms. The fourth-order valence-electron chi connectivity index (χ4n) is 2.45. The molecule has 0 saturated carbocycles. The highest BCUT2D eigenvalue weighted by molar-refractivity contribution is 9.10. The van der Waals surface area contributed by atoms with Gasteiger partial charge in [0.2, 0.25) is 0 Å². The van der Waals surface area contributed by atoms with Gasteiger partial charge in [0.05, 0.1) is 6.20 Å². The largest absolute Gasteiger partial charge is 0.357 e. The lowest BCUT2D eigenvalue weighted by Gasteiger charge is -2.11. The van der Waals surface area contributed by atoms with Gasteiger partial charge in [0.15, 0.2) is 5.96 Å². The number of halogens is 2. The zero-order valence-electron chi connectivity index (χ0n) is 14.7. The first-order chi connectivity index (χ1) is 12.1. The molecule has 5 nitrogen and oxygen atoms in total. The number of hydrogen-bond donors (Lipinski definition) is 2. The maximum Gasteiger partial charge on any atom is 0.191 e. The number of benzene rings is 1. The highest BCUT2D eigenvalue weighted by Crippen LogP contribution is 2.16. The number of nitrogens with zero attached hydrogens (tertiary/aromatic N) is 3. The van der Waals surface area contributed by atoms with Crippen molar-refractivity contribution in [2.75, 3.05) is 19.6 Å². The van der Waals surface area contributed by atoms with Gasteiger partial charge < -0.3 is 10.6 Å². The summed E-state index contributed by atoms with van der Waals surface area (Å²) < 4.78 is 16.4. The Morgan fingerprint density at radius 1 is 1.32 bits per heavy atom. The zero-order chi connectivity index (χ0) is 18.1. The van der Waals surface area contributed by atoms with Gasteiger partial charge in [-0.05, 0) is 49.4 Å². The third-order valence-electron chi connectivity index (χ3n) is 3.70. The molecule has 1 aromatic heterocycles. The first kappa shape index (κ1) is 19.4. The van der Waals surface area contributed by atoms with E-state index in [1.165, 1.54) is 11.6 Å². The molecule has 2 aromatic rings. The molecular formula is C18H25BrFN5. The van der Waals surface area contributed by atoms with Crippen LogP contribution in [0.2, 0.25) is 0 Å². The van der Waals surface area contributed by atoms with Crippen LogP contribution < -0.4 is 10.6 Å². The van der Waals surface area contributed by atoms with E-state index in [9.17, 15) is 4.39 Å². The average Bonchev–Trinajstić information content (AvgIpc) is 2.98. The Morgan fingerprint density at radius 2 is 2.16 bits per heavy atom. The van der Waals surface area contributed by atoms with Crippen LogP contribution in [0, 0.1) is 5.82 Å². The molecule has 136 valence electrons. The quantitative estimate of drug-likeness (QED) is 0.400. The van der Waals surface area contributed by atoms with Gasteiger partial charge in [0.1, 0.15) is 5.82 Å². The average molecular weight is 410 g/mol. The van der Waals surface area contributed by atoms with Crippen LogP contribution in [-0.2, 0) is 19.9 Å². The number of nitrogens with one attached hydrogen (secondary N) is 2. The van der Waals surface area contributed by atoms with Crippen LogP contribution >= 0.6 is 15.9 Å². The first-order valence-electron chi connectivity index (χ1n) is 8.52. The molecule has 0 aliphatic heterocycles. The van der Waals surface area contributed by atoms with E-state index in [2.05, 4.69) is 36.7 Å². The second-order valence-electron chi connectivity index (χ2n) is 5.80. The highest BCUT2D eigenvalue weighted by Gasteiger charge is 2.03. The van der Waals surface area contributed by atoms with Crippen molar-refractivity contribution >= 4 is 21.9 Å². The van der Waals surface area contributed by atoms with Crippen molar-refractivity contribution < 1.29 is 4.39 Å². The van der Waals surface area contributed by atoms with Gasteiger partial charge >= 0.3 is 0 Å². The first-order valence-corrected chi connectivity index (χ1v) is 9.31. The molecule has 25 heavy (non-hydrogen) atoms. The van der Waals surface area contributed by atoms with E-state index in [0.29, 0.717) is 13.0 Å². The van der Waals surface area contributed by atoms with E-state index in [-0.39, 0.29) is 5.82 Å². The van der Waals surface area contributed by atoms with E-state index < -0.39 is 0 Å². The van der Waals surface area contributed by atoms with Crippen molar-refractivity contribution in [2.24, 2.45) is 12.0 Å². The minimum absolute atomic E-state index is 0.167. The summed E-state index contributed by atoms with van der Waals surface area (Å²) in [5.41, 5.74) is 1.92. The molecule has 2 N–H and O–H groups in total. The van der Waals surface area contributed by atoms with E-state index in [0.717, 1.165) is 41.9 Å². The van der Waals surface area contributed by atoms with E-state index in [1.54, 1.807) is 4.68 Å². The summed E-state index contributed by atoms with van der Waals surface area (Å²) in [6.45, 7) is 4.28. The second kappa shape index (κ2) is 10.2. The van der Waals surface area contributed by atoms with Crippen LogP contribution in [0.15, 0.2) is 40.1 Å². The summed E-state index contributed by atoms with van der Waals surface area (Å²) in [7, 11) is 1.91. The second-order valence-corrected chi connectivity index (χ2v) is 6.71. The molecule has 0 amide bonds. The fourth-order valence-corrected chi connectivity index (χ4v) is 2.79. The topological polar surface area (TPSA) is 54.2 Å². The number of guanidine groups is 1. The SMILES string of the molecule is CCNC(=NCCCc1ccc(Br)cc1F)NCCc1cnn(C)c1. The lowest BCUT2D eigenvalue weighted by Crippen LogP contribution is -2.38. The Morgan fingerprint density at radius 3 is 2.84 bits per heavy atom. The molecule has 0 spiro atoms. The number of aromatic nitrogens is 2. The van der Waals surface area contributed by atoms with Crippen LogP contribution in [-0.4, -0.2) is 35.4 Å². The van der Waals surface area contributed by atoms with Crippen molar-refractivity contribution in [3.8, 4) is 0 Å². The van der Waals surface area contributed by atoms with Crippen molar-refractivity contribution in [3.63, 3.8) is 0 Å². The van der Waals surface area contributed by atoms with E-state index in [4.69, 9.17) is 0 Å². The number of aliphatic imine (C=N–C) groups is 1. The maximum atomic E-state index is 13.8. The standard InChI is InChI=1S/C18H25BrFN5/c1-3-21-18(23-10-8-14-12-24-25(2)13-14)22-9-4-5-15-6-7-16(19)11-17(15)20/h6-7,11-13H,3-5,8-10H2,1-2H3,(H2,21,22,23). The van der Waals surface area contributed by atoms with Crippen molar-refractivity contribution in [1.29, 1.82) is 0 Å². The smallest absolute Gasteiger partial charge is 0.191 e. The molecule has 0 saturated heterocycles. The molecule has 0 aliphatic carbocycles. The van der Waals surface area contributed by atoms with Gasteiger partial charge in [-0.25, -0.2) is 4.39 Å². The predicted octanol–water partition coefficient (Wildman–Crippen LogP) is 3.05. The third kappa shape index (κ3) is 6.86. The normalized spacial score (nSPS) is 11.6. The Balaban J connectivity index is 1.76. The lowest BCUT2D eigenvalue weighted by atomic mass is 10.1. The van der Waals surface area contributed by atoms with Gasteiger partial charge in [-0.3, -0.25) is 9.67 Å². The monoisotopic (exact) mass is 409 g/mol. The van der Waals surface area contributed by atoms with E-state index in [1.807, 2.05) is 38.5 Å². The molecule has 0 radical (unpaired) electrons. The Kier molecular flexibility index (Phi) is 7.91. The Bertz CT molecular complexity index is 699. The molecule has 7 heteroatoms. The summed E-state index contributed by atoms with van der Waals surface area (Å²) >= 11 is 3.27. The summed E-state index contributed by atoms with van der Waals surface area (Å²) in [6, 6.07) is 5.19. The molecule has 0 unspecified atom stereocenters. The van der Waals surface area contributed by atoms with Crippen LogP contribution in [0.3, 0.4) is 0 Å².